The molecule has 9 heteroatoms. The molecule has 1 amide bonds. The van der Waals surface area contributed by atoms with Gasteiger partial charge in [0.1, 0.15) is 5.82 Å². The van der Waals surface area contributed by atoms with E-state index in [2.05, 4.69) is 15.5 Å². The monoisotopic (exact) mass is 410 g/mol. The molecule has 1 N–H and O–H groups in total. The Morgan fingerprint density at radius 3 is 2.65 bits per heavy atom. The van der Waals surface area contributed by atoms with Crippen molar-refractivity contribution in [2.75, 3.05) is 6.26 Å². The minimum atomic E-state index is -0.583. The molecule has 0 aliphatic heterocycles. The van der Waals surface area contributed by atoms with Crippen molar-refractivity contribution in [2.45, 2.75) is 11.7 Å². The van der Waals surface area contributed by atoms with E-state index in [0.29, 0.717) is 26.7 Å². The number of hydrogen-bond acceptors (Lipinski definition) is 4. The Hall–Kier alpha value is -2.09. The molecular weight excluding hydrogens is 398 g/mol. The number of nitrogens with zero attached hydrogens (tertiary/aromatic N) is 3. The molecular formula is C17H13Cl2FN4OS. The Kier molecular flexibility index (Phi) is 5.80. The van der Waals surface area contributed by atoms with Crippen LogP contribution in [-0.4, -0.2) is 26.9 Å². The van der Waals surface area contributed by atoms with Crippen LogP contribution >= 0.6 is 35.0 Å². The van der Waals surface area contributed by atoms with E-state index in [0.717, 1.165) is 0 Å². The van der Waals surface area contributed by atoms with Crippen molar-refractivity contribution in [3.8, 4) is 5.69 Å². The average Bonchev–Trinajstić information content (AvgIpc) is 3.05. The van der Waals surface area contributed by atoms with Crippen molar-refractivity contribution >= 4 is 40.9 Å². The molecule has 1 heterocycles. The maximum atomic E-state index is 13.7. The Morgan fingerprint density at radius 1 is 1.19 bits per heavy atom. The van der Waals surface area contributed by atoms with Crippen LogP contribution in [0.4, 0.5) is 4.39 Å². The van der Waals surface area contributed by atoms with Gasteiger partial charge in [-0.3, -0.25) is 9.36 Å². The highest BCUT2D eigenvalue weighted by atomic mass is 35.5. The Morgan fingerprint density at radius 2 is 1.96 bits per heavy atom. The van der Waals surface area contributed by atoms with Gasteiger partial charge >= 0.3 is 0 Å². The number of carbonyl (C=O) groups excluding carboxylic acids is 1. The molecule has 0 atom stereocenters. The number of halogens is 3. The zero-order valence-electron chi connectivity index (χ0n) is 13.5. The second-order valence-corrected chi connectivity index (χ2v) is 6.79. The van der Waals surface area contributed by atoms with Crippen LogP contribution in [0.15, 0.2) is 47.6 Å². The van der Waals surface area contributed by atoms with E-state index in [9.17, 15) is 9.18 Å². The molecule has 134 valence electrons. The summed E-state index contributed by atoms with van der Waals surface area (Å²) in [6, 6.07) is 10.9. The van der Waals surface area contributed by atoms with Crippen LogP contribution in [0.2, 0.25) is 10.0 Å². The molecule has 0 saturated heterocycles. The highest BCUT2D eigenvalue weighted by molar-refractivity contribution is 7.98. The highest BCUT2D eigenvalue weighted by Crippen LogP contribution is 2.27. The zero-order chi connectivity index (χ0) is 18.7. The molecule has 2 aromatic carbocycles. The summed E-state index contributed by atoms with van der Waals surface area (Å²) in [5.74, 6) is -0.629. The van der Waals surface area contributed by atoms with Gasteiger partial charge < -0.3 is 5.32 Å². The highest BCUT2D eigenvalue weighted by Gasteiger charge is 2.16. The van der Waals surface area contributed by atoms with Gasteiger partial charge in [0.25, 0.3) is 5.91 Å². The van der Waals surface area contributed by atoms with Crippen LogP contribution in [0.25, 0.3) is 5.69 Å². The summed E-state index contributed by atoms with van der Waals surface area (Å²) in [4.78, 5) is 12.2. The third kappa shape index (κ3) is 3.85. The van der Waals surface area contributed by atoms with Crippen LogP contribution in [0, 0.1) is 5.82 Å². The quantitative estimate of drug-likeness (QED) is 0.634. The standard InChI is InChI=1S/C17H13Cl2FN4OS/c1-26-17-23-22-15(24(17)10-6-7-12(18)13(19)8-10)9-21-16(25)11-4-2-3-5-14(11)20/h2-8H,9H2,1H3,(H,21,25). The van der Waals surface area contributed by atoms with Crippen LogP contribution < -0.4 is 5.32 Å². The van der Waals surface area contributed by atoms with E-state index >= 15 is 0 Å². The number of nitrogens with one attached hydrogen (secondary N) is 1. The molecule has 0 aliphatic rings. The molecule has 0 fully saturated rings. The summed E-state index contributed by atoms with van der Waals surface area (Å²) in [5.41, 5.74) is 0.682. The lowest BCUT2D eigenvalue weighted by atomic mass is 10.2. The third-order valence-corrected chi connectivity index (χ3v) is 4.94. The SMILES string of the molecule is CSc1nnc(CNC(=O)c2ccccc2F)n1-c1ccc(Cl)c(Cl)c1. The lowest BCUT2D eigenvalue weighted by molar-refractivity contribution is 0.0945. The summed E-state index contributed by atoms with van der Waals surface area (Å²) in [6.45, 7) is 0.0704. The first-order valence-corrected chi connectivity index (χ1v) is 9.45. The molecule has 5 nitrogen and oxygen atoms in total. The zero-order valence-corrected chi connectivity index (χ0v) is 15.9. The first-order chi connectivity index (χ1) is 12.5. The van der Waals surface area contributed by atoms with Crippen molar-refractivity contribution in [1.82, 2.24) is 20.1 Å². The Balaban J connectivity index is 1.87. The molecule has 3 rings (SSSR count). The van der Waals surface area contributed by atoms with Crippen molar-refractivity contribution < 1.29 is 9.18 Å². The molecule has 0 saturated carbocycles. The summed E-state index contributed by atoms with van der Waals surface area (Å²) >= 11 is 13.5. The van der Waals surface area contributed by atoms with Gasteiger partial charge in [-0.25, -0.2) is 4.39 Å². The van der Waals surface area contributed by atoms with Gasteiger partial charge in [0.2, 0.25) is 0 Å². The largest absolute Gasteiger partial charge is 0.345 e. The van der Waals surface area contributed by atoms with E-state index in [1.807, 2.05) is 6.26 Å². The molecule has 26 heavy (non-hydrogen) atoms. The molecule has 0 bridgehead atoms. The van der Waals surface area contributed by atoms with E-state index in [4.69, 9.17) is 23.2 Å². The predicted octanol–water partition coefficient (Wildman–Crippen LogP) is 4.37. The number of benzene rings is 2. The first-order valence-electron chi connectivity index (χ1n) is 7.47. The first kappa shape index (κ1) is 18.7. The van der Waals surface area contributed by atoms with Gasteiger partial charge in [-0.2, -0.15) is 0 Å². The molecule has 0 unspecified atom stereocenters. The lowest BCUT2D eigenvalue weighted by Gasteiger charge is -2.11. The van der Waals surface area contributed by atoms with Crippen molar-refractivity contribution in [3.63, 3.8) is 0 Å². The van der Waals surface area contributed by atoms with Gasteiger partial charge in [-0.1, -0.05) is 47.1 Å². The maximum Gasteiger partial charge on any atom is 0.254 e. The predicted molar refractivity (Wildman–Crippen MR) is 101 cm³/mol. The number of thioether (sulfide) groups is 1. The number of aromatic nitrogens is 3. The van der Waals surface area contributed by atoms with Gasteiger partial charge in [-0.15, -0.1) is 10.2 Å². The van der Waals surface area contributed by atoms with Crippen LogP contribution in [-0.2, 0) is 6.54 Å². The van der Waals surface area contributed by atoms with E-state index in [1.54, 1.807) is 28.8 Å². The number of amides is 1. The van der Waals surface area contributed by atoms with Crippen molar-refractivity contribution in [2.24, 2.45) is 0 Å². The second kappa shape index (κ2) is 8.07. The van der Waals surface area contributed by atoms with Gasteiger partial charge in [-0.05, 0) is 36.6 Å². The smallest absolute Gasteiger partial charge is 0.254 e. The van der Waals surface area contributed by atoms with Crippen molar-refractivity contribution in [1.29, 1.82) is 0 Å². The maximum absolute atomic E-state index is 13.7. The summed E-state index contributed by atoms with van der Waals surface area (Å²) in [7, 11) is 0. The summed E-state index contributed by atoms with van der Waals surface area (Å²) < 4.78 is 15.5. The van der Waals surface area contributed by atoms with E-state index in [-0.39, 0.29) is 12.1 Å². The minimum Gasteiger partial charge on any atom is -0.345 e. The lowest BCUT2D eigenvalue weighted by Crippen LogP contribution is -2.25. The fourth-order valence-corrected chi connectivity index (χ4v) is 3.14. The fraction of sp³-hybridized carbons (Fsp3) is 0.118. The second-order valence-electron chi connectivity index (χ2n) is 5.20. The third-order valence-electron chi connectivity index (χ3n) is 3.57. The van der Waals surface area contributed by atoms with Gasteiger partial charge in [0.05, 0.1) is 27.8 Å². The number of carbonyl (C=O) groups is 1. The Bertz CT molecular complexity index is 964. The van der Waals surface area contributed by atoms with E-state index < -0.39 is 11.7 Å². The summed E-state index contributed by atoms with van der Waals surface area (Å²) in [5, 5.41) is 12.3. The molecule has 0 spiro atoms. The van der Waals surface area contributed by atoms with Crippen LogP contribution in [0.5, 0.6) is 0 Å². The Labute approximate surface area is 163 Å². The molecule has 3 aromatic rings. The topological polar surface area (TPSA) is 59.8 Å². The van der Waals surface area contributed by atoms with Crippen LogP contribution in [0.3, 0.4) is 0 Å². The van der Waals surface area contributed by atoms with Gasteiger partial charge in [0, 0.05) is 0 Å². The van der Waals surface area contributed by atoms with Crippen LogP contribution in [0.1, 0.15) is 16.2 Å². The minimum absolute atomic E-state index is 0.0295. The average molecular weight is 411 g/mol. The van der Waals surface area contributed by atoms with Gasteiger partial charge in [0.15, 0.2) is 11.0 Å². The summed E-state index contributed by atoms with van der Waals surface area (Å²) in [6.07, 6.45) is 1.86. The fourth-order valence-electron chi connectivity index (χ4n) is 2.33. The van der Waals surface area contributed by atoms with Crippen molar-refractivity contribution in [3.05, 3.63) is 69.7 Å². The van der Waals surface area contributed by atoms with E-state index in [1.165, 1.54) is 30.0 Å². The molecule has 1 aromatic heterocycles. The number of rotatable bonds is 5. The molecule has 0 aliphatic carbocycles. The number of hydrogen-bond donors (Lipinski definition) is 1. The normalized spacial score (nSPS) is 10.8. The molecule has 0 radical (unpaired) electrons.